The molecule has 0 rings (SSSR count). The second-order valence-corrected chi connectivity index (χ2v) is 3.85. The zero-order valence-corrected chi connectivity index (χ0v) is 9.44. The molecule has 1 heteroatoms. The molecule has 0 N–H and O–H groups in total. The van der Waals surface area contributed by atoms with Gasteiger partial charge in [0, 0.05) is 12.8 Å². The molecule has 1 nitrogen and oxygen atoms in total. The second kappa shape index (κ2) is 8.28. The lowest BCUT2D eigenvalue weighted by atomic mass is 9.93. The summed E-state index contributed by atoms with van der Waals surface area (Å²) >= 11 is 0. The Morgan fingerprint density at radius 2 is 1.85 bits per heavy atom. The minimum atomic E-state index is 0.426. The highest BCUT2D eigenvalue weighted by Crippen LogP contribution is 2.18. The van der Waals surface area contributed by atoms with E-state index in [2.05, 4.69) is 13.8 Å². The Balaban J connectivity index is 3.52. The molecule has 0 aromatic carbocycles. The number of Topliss-reactive ketones (excluding diaryl/α,β-unsaturated/α-hetero) is 1. The number of ketones is 1. The molecule has 1 unspecified atom stereocenters. The number of hydrogen-bond acceptors (Lipinski definition) is 1. The molecule has 0 heterocycles. The van der Waals surface area contributed by atoms with Gasteiger partial charge in [0.1, 0.15) is 5.78 Å². The van der Waals surface area contributed by atoms with Gasteiger partial charge < -0.3 is 0 Å². The standard InChI is InChI=1S/C12H24O/c1-4-7-8-11(5-2)9-10-12(13)6-3/h11H,4-10H2,1-3H3. The highest BCUT2D eigenvalue weighted by molar-refractivity contribution is 5.77. The Labute approximate surface area is 82.9 Å². The lowest BCUT2D eigenvalue weighted by Crippen LogP contribution is -2.03. The third kappa shape index (κ3) is 6.80. The van der Waals surface area contributed by atoms with Crippen molar-refractivity contribution < 1.29 is 4.79 Å². The lowest BCUT2D eigenvalue weighted by molar-refractivity contribution is -0.119. The predicted octanol–water partition coefficient (Wildman–Crippen LogP) is 3.96. The highest BCUT2D eigenvalue weighted by Gasteiger charge is 2.07. The van der Waals surface area contributed by atoms with Gasteiger partial charge in [0.2, 0.25) is 0 Å². The van der Waals surface area contributed by atoms with Gasteiger partial charge in [0.25, 0.3) is 0 Å². The fourth-order valence-corrected chi connectivity index (χ4v) is 1.59. The summed E-state index contributed by atoms with van der Waals surface area (Å²) < 4.78 is 0. The van der Waals surface area contributed by atoms with Crippen LogP contribution in [-0.4, -0.2) is 5.78 Å². The summed E-state index contributed by atoms with van der Waals surface area (Å²) in [4.78, 5) is 11.1. The fraction of sp³-hybridized carbons (Fsp3) is 0.917. The van der Waals surface area contributed by atoms with Crippen molar-refractivity contribution in [3.63, 3.8) is 0 Å². The van der Waals surface area contributed by atoms with Crippen LogP contribution in [0.3, 0.4) is 0 Å². The lowest BCUT2D eigenvalue weighted by Gasteiger charge is -2.12. The van der Waals surface area contributed by atoms with E-state index < -0.39 is 0 Å². The fourth-order valence-electron chi connectivity index (χ4n) is 1.59. The maximum absolute atomic E-state index is 11.1. The van der Waals surface area contributed by atoms with Crippen LogP contribution in [0.2, 0.25) is 0 Å². The number of carbonyl (C=O) groups is 1. The largest absolute Gasteiger partial charge is 0.300 e. The van der Waals surface area contributed by atoms with E-state index in [1.807, 2.05) is 6.92 Å². The molecule has 0 aliphatic heterocycles. The summed E-state index contributed by atoms with van der Waals surface area (Å²) in [5.41, 5.74) is 0. The van der Waals surface area contributed by atoms with E-state index in [-0.39, 0.29) is 0 Å². The van der Waals surface area contributed by atoms with Gasteiger partial charge in [0.15, 0.2) is 0 Å². The van der Waals surface area contributed by atoms with Crippen LogP contribution in [0.5, 0.6) is 0 Å². The molecule has 78 valence electrons. The van der Waals surface area contributed by atoms with Crippen molar-refractivity contribution in [2.24, 2.45) is 5.92 Å². The molecule has 0 bridgehead atoms. The van der Waals surface area contributed by atoms with E-state index >= 15 is 0 Å². The second-order valence-electron chi connectivity index (χ2n) is 3.85. The average molecular weight is 184 g/mol. The zero-order chi connectivity index (χ0) is 10.1. The summed E-state index contributed by atoms with van der Waals surface area (Å²) in [6, 6.07) is 0. The number of unbranched alkanes of at least 4 members (excludes halogenated alkanes) is 1. The van der Waals surface area contributed by atoms with Crippen molar-refractivity contribution >= 4 is 5.78 Å². The predicted molar refractivity (Wildman–Crippen MR) is 57.8 cm³/mol. The maximum atomic E-state index is 11.1. The molecule has 0 aromatic heterocycles. The smallest absolute Gasteiger partial charge is 0.132 e. The molecule has 0 radical (unpaired) electrons. The van der Waals surface area contributed by atoms with Crippen molar-refractivity contribution in [1.29, 1.82) is 0 Å². The van der Waals surface area contributed by atoms with Gasteiger partial charge in [-0.2, -0.15) is 0 Å². The molecule has 0 saturated carbocycles. The van der Waals surface area contributed by atoms with Crippen molar-refractivity contribution in [1.82, 2.24) is 0 Å². The first-order chi connectivity index (χ1) is 6.24. The quantitative estimate of drug-likeness (QED) is 0.558. The van der Waals surface area contributed by atoms with Crippen LogP contribution >= 0.6 is 0 Å². The molecular weight excluding hydrogens is 160 g/mol. The number of rotatable bonds is 8. The molecule has 0 saturated heterocycles. The zero-order valence-electron chi connectivity index (χ0n) is 9.44. The Kier molecular flexibility index (Phi) is 8.07. The Morgan fingerprint density at radius 3 is 2.31 bits per heavy atom. The first-order valence-corrected chi connectivity index (χ1v) is 5.76. The first-order valence-electron chi connectivity index (χ1n) is 5.76. The first kappa shape index (κ1) is 12.7. The van der Waals surface area contributed by atoms with E-state index in [1.165, 1.54) is 25.7 Å². The third-order valence-electron chi connectivity index (χ3n) is 2.77. The highest BCUT2D eigenvalue weighted by atomic mass is 16.1. The van der Waals surface area contributed by atoms with Crippen LogP contribution in [0.25, 0.3) is 0 Å². The van der Waals surface area contributed by atoms with E-state index in [4.69, 9.17) is 0 Å². The van der Waals surface area contributed by atoms with Gasteiger partial charge in [-0.05, 0) is 12.3 Å². The van der Waals surface area contributed by atoms with Crippen molar-refractivity contribution in [2.75, 3.05) is 0 Å². The van der Waals surface area contributed by atoms with E-state index in [0.717, 1.165) is 18.8 Å². The molecule has 0 fully saturated rings. The molecule has 0 aromatic rings. The van der Waals surface area contributed by atoms with Gasteiger partial charge in [-0.3, -0.25) is 4.79 Å². The van der Waals surface area contributed by atoms with Crippen LogP contribution < -0.4 is 0 Å². The molecule has 0 spiro atoms. The molecular formula is C12H24O. The van der Waals surface area contributed by atoms with Crippen LogP contribution in [0.15, 0.2) is 0 Å². The van der Waals surface area contributed by atoms with Gasteiger partial charge in [-0.1, -0.05) is 46.5 Å². The van der Waals surface area contributed by atoms with Crippen molar-refractivity contribution in [3.05, 3.63) is 0 Å². The van der Waals surface area contributed by atoms with Gasteiger partial charge in [-0.25, -0.2) is 0 Å². The van der Waals surface area contributed by atoms with Crippen LogP contribution in [0.4, 0.5) is 0 Å². The average Bonchev–Trinajstić information content (AvgIpc) is 2.17. The number of carbonyl (C=O) groups excluding carboxylic acids is 1. The molecule has 13 heavy (non-hydrogen) atoms. The summed E-state index contributed by atoms with van der Waals surface area (Å²) in [6.45, 7) is 6.41. The molecule has 0 aliphatic carbocycles. The minimum absolute atomic E-state index is 0.426. The van der Waals surface area contributed by atoms with Crippen LogP contribution in [0.1, 0.15) is 65.7 Å². The SMILES string of the molecule is CCCCC(CC)CCC(=O)CC. The topological polar surface area (TPSA) is 17.1 Å². The van der Waals surface area contributed by atoms with Crippen molar-refractivity contribution in [2.45, 2.75) is 65.7 Å². The van der Waals surface area contributed by atoms with Crippen LogP contribution in [0, 0.1) is 5.92 Å². The summed E-state index contributed by atoms with van der Waals surface area (Å²) in [7, 11) is 0. The number of hydrogen-bond donors (Lipinski definition) is 0. The van der Waals surface area contributed by atoms with Gasteiger partial charge >= 0.3 is 0 Å². The Bertz CT molecular complexity index is 129. The molecule has 0 aliphatic rings. The summed E-state index contributed by atoms with van der Waals surface area (Å²) in [5, 5.41) is 0. The maximum Gasteiger partial charge on any atom is 0.132 e. The minimum Gasteiger partial charge on any atom is -0.300 e. The normalized spacial score (nSPS) is 12.8. The van der Waals surface area contributed by atoms with Gasteiger partial charge in [-0.15, -0.1) is 0 Å². The monoisotopic (exact) mass is 184 g/mol. The van der Waals surface area contributed by atoms with E-state index in [0.29, 0.717) is 12.2 Å². The Morgan fingerprint density at radius 1 is 1.15 bits per heavy atom. The molecule has 0 amide bonds. The van der Waals surface area contributed by atoms with Crippen molar-refractivity contribution in [3.8, 4) is 0 Å². The van der Waals surface area contributed by atoms with E-state index in [9.17, 15) is 4.79 Å². The van der Waals surface area contributed by atoms with E-state index in [1.54, 1.807) is 0 Å². The molecule has 1 atom stereocenters. The Hall–Kier alpha value is -0.330. The summed E-state index contributed by atoms with van der Waals surface area (Å²) in [5.74, 6) is 1.21. The van der Waals surface area contributed by atoms with Crippen LogP contribution in [-0.2, 0) is 4.79 Å². The van der Waals surface area contributed by atoms with Gasteiger partial charge in [0.05, 0.1) is 0 Å². The third-order valence-corrected chi connectivity index (χ3v) is 2.77. The summed E-state index contributed by atoms with van der Waals surface area (Å²) in [6.07, 6.45) is 7.77.